The molecule has 0 atom stereocenters. The van der Waals surface area contributed by atoms with E-state index in [4.69, 9.17) is 0 Å². The Morgan fingerprint density at radius 1 is 1.42 bits per heavy atom. The van der Waals surface area contributed by atoms with Gasteiger partial charge < -0.3 is 15.4 Å². The van der Waals surface area contributed by atoms with Gasteiger partial charge in [-0.05, 0) is 46.9 Å². The molecule has 0 unspecified atom stereocenters. The van der Waals surface area contributed by atoms with Gasteiger partial charge >= 0.3 is 5.13 Å². The molecular weight excluding hydrogens is 262 g/mol. The van der Waals surface area contributed by atoms with Crippen molar-refractivity contribution >= 4 is 22.3 Å². The molecule has 1 aromatic rings. The summed E-state index contributed by atoms with van der Waals surface area (Å²) < 4.78 is 0. The van der Waals surface area contributed by atoms with Gasteiger partial charge in [0, 0.05) is 6.04 Å². The van der Waals surface area contributed by atoms with E-state index in [1.165, 1.54) is 30.6 Å². The van der Waals surface area contributed by atoms with Gasteiger partial charge in [-0.3, -0.25) is 0 Å². The van der Waals surface area contributed by atoms with Crippen molar-refractivity contribution in [1.82, 2.24) is 4.98 Å². The first-order valence-electron chi connectivity index (χ1n) is 7.11. The highest BCUT2D eigenvalue weighted by molar-refractivity contribution is 7.15. The fourth-order valence-electron chi connectivity index (χ4n) is 2.48. The molecule has 1 aliphatic carbocycles. The van der Waals surface area contributed by atoms with Crippen molar-refractivity contribution in [3.63, 3.8) is 0 Å². The van der Waals surface area contributed by atoms with E-state index in [2.05, 4.69) is 17.2 Å². The molecule has 0 bridgehead atoms. The van der Waals surface area contributed by atoms with E-state index in [0.717, 1.165) is 42.8 Å². The predicted octanol–water partition coefficient (Wildman–Crippen LogP) is 4.14. The molecule has 1 N–H and O–H groups in total. The number of nitro groups is 1. The van der Waals surface area contributed by atoms with Crippen molar-refractivity contribution in [3.05, 3.63) is 15.0 Å². The van der Waals surface area contributed by atoms with E-state index < -0.39 is 0 Å². The van der Waals surface area contributed by atoms with E-state index in [9.17, 15) is 10.1 Å². The summed E-state index contributed by atoms with van der Waals surface area (Å²) >= 11 is 1.22. The number of aromatic nitrogens is 1. The largest absolute Gasteiger partial charge is 0.425 e. The lowest BCUT2D eigenvalue weighted by atomic mass is 9.95. The number of nitrogens with zero attached hydrogens (tertiary/aromatic N) is 2. The standard InChI is InChI=1S/C13H21N3O2S/c1-2-3-9-11-12(15-13(19-11)16(17)18)14-10-7-5-4-6-8-10/h10,14H,2-9H2,1H3. The van der Waals surface area contributed by atoms with Crippen LogP contribution >= 0.6 is 11.3 Å². The highest BCUT2D eigenvalue weighted by atomic mass is 32.1. The van der Waals surface area contributed by atoms with Crippen LogP contribution in [0.5, 0.6) is 0 Å². The summed E-state index contributed by atoms with van der Waals surface area (Å²) in [7, 11) is 0. The second kappa shape index (κ2) is 6.84. The first-order valence-corrected chi connectivity index (χ1v) is 7.93. The zero-order chi connectivity index (χ0) is 13.7. The maximum atomic E-state index is 10.9. The maximum absolute atomic E-state index is 10.9. The molecule has 5 nitrogen and oxygen atoms in total. The highest BCUT2D eigenvalue weighted by Crippen LogP contribution is 2.32. The van der Waals surface area contributed by atoms with Gasteiger partial charge in [0.15, 0.2) is 0 Å². The Labute approximate surface area is 117 Å². The van der Waals surface area contributed by atoms with Crippen molar-refractivity contribution in [2.75, 3.05) is 5.32 Å². The summed E-state index contributed by atoms with van der Waals surface area (Å²) in [4.78, 5) is 15.7. The van der Waals surface area contributed by atoms with Crippen LogP contribution in [0.3, 0.4) is 0 Å². The van der Waals surface area contributed by atoms with Crippen LogP contribution in [0.4, 0.5) is 10.9 Å². The lowest BCUT2D eigenvalue weighted by Gasteiger charge is -2.21. The predicted molar refractivity (Wildman–Crippen MR) is 77.9 cm³/mol. The molecule has 0 saturated heterocycles. The Morgan fingerprint density at radius 2 is 2.16 bits per heavy atom. The molecule has 6 heteroatoms. The lowest BCUT2D eigenvalue weighted by molar-refractivity contribution is -0.384. The second-order valence-corrected chi connectivity index (χ2v) is 6.17. The minimum Gasteiger partial charge on any atom is -0.357 e. The second-order valence-electron chi connectivity index (χ2n) is 5.11. The van der Waals surface area contributed by atoms with Crippen molar-refractivity contribution in [1.29, 1.82) is 0 Å². The van der Waals surface area contributed by atoms with Crippen LogP contribution in [0, 0.1) is 10.1 Å². The quantitative estimate of drug-likeness (QED) is 0.629. The first kappa shape index (κ1) is 14.2. The fraction of sp³-hybridized carbons (Fsp3) is 0.769. The molecule has 0 spiro atoms. The van der Waals surface area contributed by atoms with Crippen LogP contribution in [0.25, 0.3) is 0 Å². The third-order valence-electron chi connectivity index (χ3n) is 3.55. The maximum Gasteiger partial charge on any atom is 0.425 e. The van der Waals surface area contributed by atoms with Crippen molar-refractivity contribution in [2.24, 2.45) is 0 Å². The molecule has 0 aromatic carbocycles. The third-order valence-corrected chi connectivity index (χ3v) is 4.61. The number of unbranched alkanes of at least 4 members (excludes halogenated alkanes) is 1. The molecule has 2 rings (SSSR count). The van der Waals surface area contributed by atoms with Crippen LogP contribution in [0.2, 0.25) is 0 Å². The van der Waals surface area contributed by atoms with Gasteiger partial charge in [-0.1, -0.05) is 32.6 Å². The summed E-state index contributed by atoms with van der Waals surface area (Å²) in [5.41, 5.74) is 0. The highest BCUT2D eigenvalue weighted by Gasteiger charge is 2.24. The number of nitrogens with one attached hydrogen (secondary N) is 1. The zero-order valence-electron chi connectivity index (χ0n) is 11.4. The summed E-state index contributed by atoms with van der Waals surface area (Å²) in [6, 6.07) is 0.441. The Hall–Kier alpha value is -1.17. The van der Waals surface area contributed by atoms with Gasteiger partial charge in [0.1, 0.15) is 0 Å². The summed E-state index contributed by atoms with van der Waals surface area (Å²) in [6.45, 7) is 2.13. The molecule has 1 aromatic heterocycles. The zero-order valence-corrected chi connectivity index (χ0v) is 12.2. The van der Waals surface area contributed by atoms with Gasteiger partial charge in [-0.25, -0.2) is 0 Å². The Balaban J connectivity index is 2.08. The monoisotopic (exact) mass is 283 g/mol. The van der Waals surface area contributed by atoms with E-state index in [0.29, 0.717) is 6.04 Å². The SMILES string of the molecule is CCCCc1sc([N+](=O)[O-])nc1NC1CCCCC1. The normalized spacial score (nSPS) is 16.5. The summed E-state index contributed by atoms with van der Waals surface area (Å²) in [5, 5.41) is 14.3. The Bertz CT molecular complexity index is 428. The number of anilines is 1. The molecule has 106 valence electrons. The van der Waals surface area contributed by atoms with Crippen LogP contribution in [0.15, 0.2) is 0 Å². The van der Waals surface area contributed by atoms with Crippen molar-refractivity contribution in [3.8, 4) is 0 Å². The van der Waals surface area contributed by atoms with E-state index in [1.807, 2.05) is 0 Å². The third kappa shape index (κ3) is 3.89. The number of thiazole rings is 1. The van der Waals surface area contributed by atoms with Gasteiger partial charge in [0.2, 0.25) is 0 Å². The topological polar surface area (TPSA) is 68.1 Å². The number of hydrogen-bond donors (Lipinski definition) is 1. The van der Waals surface area contributed by atoms with E-state index >= 15 is 0 Å². The molecule has 0 radical (unpaired) electrons. The molecule has 1 heterocycles. The van der Waals surface area contributed by atoms with Crippen LogP contribution in [0.1, 0.15) is 56.7 Å². The lowest BCUT2D eigenvalue weighted by Crippen LogP contribution is -2.23. The average molecular weight is 283 g/mol. The molecule has 19 heavy (non-hydrogen) atoms. The molecule has 1 fully saturated rings. The number of hydrogen-bond acceptors (Lipinski definition) is 5. The summed E-state index contributed by atoms with van der Waals surface area (Å²) in [5.74, 6) is 0.761. The summed E-state index contributed by atoms with van der Waals surface area (Å²) in [6.07, 6.45) is 9.13. The molecule has 1 aliphatic rings. The average Bonchev–Trinajstić information content (AvgIpc) is 2.81. The van der Waals surface area contributed by atoms with Gasteiger partial charge in [0.25, 0.3) is 5.82 Å². The van der Waals surface area contributed by atoms with Crippen molar-refractivity contribution < 1.29 is 4.92 Å². The minimum atomic E-state index is -0.383. The van der Waals surface area contributed by atoms with Gasteiger partial charge in [0.05, 0.1) is 4.88 Å². The Kier molecular flexibility index (Phi) is 5.13. The minimum absolute atomic E-state index is 0.0180. The number of rotatable bonds is 6. The number of aryl methyl sites for hydroxylation is 1. The van der Waals surface area contributed by atoms with Crippen LogP contribution in [-0.4, -0.2) is 15.9 Å². The van der Waals surface area contributed by atoms with Gasteiger partial charge in [-0.2, -0.15) is 0 Å². The molecule has 1 saturated carbocycles. The molecule has 0 aliphatic heterocycles. The fourth-order valence-corrected chi connectivity index (χ4v) is 3.36. The smallest absolute Gasteiger partial charge is 0.357 e. The Morgan fingerprint density at radius 3 is 2.79 bits per heavy atom. The molecule has 0 amide bonds. The first-order chi connectivity index (χ1) is 9.20. The van der Waals surface area contributed by atoms with E-state index in [1.54, 1.807) is 0 Å². The molecular formula is C13H21N3O2S. The van der Waals surface area contributed by atoms with E-state index in [-0.39, 0.29) is 10.1 Å². The van der Waals surface area contributed by atoms with Crippen LogP contribution < -0.4 is 5.32 Å². The van der Waals surface area contributed by atoms with Crippen molar-refractivity contribution in [2.45, 2.75) is 64.3 Å². The van der Waals surface area contributed by atoms with Crippen LogP contribution in [-0.2, 0) is 6.42 Å². The van der Waals surface area contributed by atoms with Gasteiger partial charge in [-0.15, -0.1) is 0 Å².